The monoisotopic (exact) mass is 260 g/mol. The van der Waals surface area contributed by atoms with Gasteiger partial charge in [-0.25, -0.2) is 9.59 Å². The number of hydrogen-bond donors (Lipinski definition) is 4. The van der Waals surface area contributed by atoms with E-state index in [2.05, 4.69) is 5.32 Å². The first kappa shape index (κ1) is 14.2. The van der Waals surface area contributed by atoms with Crippen LogP contribution in [0.5, 0.6) is 0 Å². The zero-order valence-corrected chi connectivity index (χ0v) is 9.70. The Morgan fingerprint density at radius 1 is 1.33 bits per heavy atom. The topological polar surface area (TPSA) is 127 Å². The fourth-order valence-electron chi connectivity index (χ4n) is 1.75. The van der Waals surface area contributed by atoms with Gasteiger partial charge in [-0.05, 0) is 12.8 Å². The molecule has 102 valence electrons. The summed E-state index contributed by atoms with van der Waals surface area (Å²) < 4.78 is 0. The van der Waals surface area contributed by atoms with Crippen molar-refractivity contribution in [2.75, 3.05) is 13.1 Å². The summed E-state index contributed by atoms with van der Waals surface area (Å²) in [5.74, 6) is -2.70. The number of urea groups is 1. The van der Waals surface area contributed by atoms with Crippen molar-refractivity contribution in [3.8, 4) is 0 Å². The number of carbonyl (C=O) groups excluding carboxylic acids is 1. The number of aliphatic carboxylic acids is 2. The van der Waals surface area contributed by atoms with E-state index in [0.29, 0.717) is 19.4 Å². The Morgan fingerprint density at radius 2 is 2.00 bits per heavy atom. The Balaban J connectivity index is 2.54. The summed E-state index contributed by atoms with van der Waals surface area (Å²) in [5, 5.41) is 28.8. The number of piperidine rings is 1. The molecule has 0 radical (unpaired) electrons. The van der Waals surface area contributed by atoms with Gasteiger partial charge in [0.15, 0.2) is 0 Å². The van der Waals surface area contributed by atoms with Gasteiger partial charge in [0.05, 0.1) is 12.5 Å². The van der Waals surface area contributed by atoms with Crippen LogP contribution in [0.3, 0.4) is 0 Å². The van der Waals surface area contributed by atoms with Crippen LogP contribution in [0.25, 0.3) is 0 Å². The number of aliphatic hydroxyl groups is 1. The Hall–Kier alpha value is -1.83. The Labute approximate surface area is 103 Å². The molecular weight excluding hydrogens is 244 g/mol. The maximum absolute atomic E-state index is 11.7. The average molecular weight is 260 g/mol. The maximum Gasteiger partial charge on any atom is 0.326 e. The number of carboxylic acids is 2. The lowest BCUT2D eigenvalue weighted by Gasteiger charge is -2.30. The molecule has 0 aliphatic carbocycles. The van der Waals surface area contributed by atoms with E-state index >= 15 is 0 Å². The van der Waals surface area contributed by atoms with Crippen LogP contribution in [0.1, 0.15) is 19.3 Å². The third kappa shape index (κ3) is 4.21. The third-order valence-corrected chi connectivity index (χ3v) is 2.66. The minimum Gasteiger partial charge on any atom is -0.481 e. The molecule has 2 amide bonds. The maximum atomic E-state index is 11.7. The largest absolute Gasteiger partial charge is 0.481 e. The van der Waals surface area contributed by atoms with Gasteiger partial charge in [-0.3, -0.25) is 4.79 Å². The molecule has 8 nitrogen and oxygen atoms in total. The zero-order chi connectivity index (χ0) is 13.7. The van der Waals surface area contributed by atoms with E-state index in [0.717, 1.165) is 0 Å². The molecule has 0 aromatic heterocycles. The summed E-state index contributed by atoms with van der Waals surface area (Å²) in [5.41, 5.74) is 0. The highest BCUT2D eigenvalue weighted by Gasteiger charge is 2.27. The summed E-state index contributed by atoms with van der Waals surface area (Å²) in [6.45, 7) is 0.549. The molecule has 0 aromatic carbocycles. The van der Waals surface area contributed by atoms with Crippen molar-refractivity contribution in [3.63, 3.8) is 0 Å². The number of β-amino-alcohol motifs (C(OH)–C–C–N with tert-alkyl or cyclic N) is 1. The average Bonchev–Trinajstić information content (AvgIpc) is 2.27. The molecule has 1 rings (SSSR count). The molecule has 1 saturated heterocycles. The van der Waals surface area contributed by atoms with E-state index in [9.17, 15) is 19.5 Å². The smallest absolute Gasteiger partial charge is 0.326 e. The van der Waals surface area contributed by atoms with Crippen LogP contribution in [0.2, 0.25) is 0 Å². The van der Waals surface area contributed by atoms with Crippen LogP contribution in [0.4, 0.5) is 4.79 Å². The molecule has 1 aliphatic heterocycles. The SMILES string of the molecule is O=C(O)CC(NC(=O)N1CCCC(O)C1)C(=O)O. The molecule has 0 spiro atoms. The van der Waals surface area contributed by atoms with E-state index in [1.54, 1.807) is 0 Å². The van der Waals surface area contributed by atoms with Crippen molar-refractivity contribution in [2.24, 2.45) is 0 Å². The molecule has 18 heavy (non-hydrogen) atoms. The molecule has 1 heterocycles. The number of nitrogens with zero attached hydrogens (tertiary/aromatic N) is 1. The van der Waals surface area contributed by atoms with Gasteiger partial charge in [0.25, 0.3) is 0 Å². The molecule has 1 aliphatic rings. The first-order chi connectivity index (χ1) is 8.40. The number of rotatable bonds is 4. The van der Waals surface area contributed by atoms with Crippen LogP contribution in [0, 0.1) is 0 Å². The van der Waals surface area contributed by atoms with Crippen molar-refractivity contribution in [1.82, 2.24) is 10.2 Å². The number of carboxylic acid groups (broad SMARTS) is 2. The van der Waals surface area contributed by atoms with Gasteiger partial charge in [0.2, 0.25) is 0 Å². The van der Waals surface area contributed by atoms with Gasteiger partial charge in [-0.2, -0.15) is 0 Å². The van der Waals surface area contributed by atoms with Crippen LogP contribution < -0.4 is 5.32 Å². The van der Waals surface area contributed by atoms with Crippen LogP contribution in [0.15, 0.2) is 0 Å². The van der Waals surface area contributed by atoms with Crippen LogP contribution in [-0.4, -0.2) is 63.4 Å². The van der Waals surface area contributed by atoms with Crippen molar-refractivity contribution in [3.05, 3.63) is 0 Å². The third-order valence-electron chi connectivity index (χ3n) is 2.66. The summed E-state index contributed by atoms with van der Waals surface area (Å²) >= 11 is 0. The summed E-state index contributed by atoms with van der Waals surface area (Å²) in [6, 6.07) is -2.13. The fraction of sp³-hybridized carbons (Fsp3) is 0.700. The molecule has 8 heteroatoms. The number of likely N-dealkylation sites (tertiary alicyclic amines) is 1. The molecule has 2 unspecified atom stereocenters. The molecule has 0 saturated carbocycles. The molecule has 0 aromatic rings. The lowest BCUT2D eigenvalue weighted by atomic mass is 10.1. The minimum absolute atomic E-state index is 0.130. The van der Waals surface area contributed by atoms with Gasteiger partial charge in [0.1, 0.15) is 6.04 Å². The molecule has 1 fully saturated rings. The van der Waals surface area contributed by atoms with E-state index in [4.69, 9.17) is 10.2 Å². The second kappa shape index (κ2) is 6.20. The Morgan fingerprint density at radius 3 is 2.50 bits per heavy atom. The summed E-state index contributed by atoms with van der Waals surface area (Å²) in [6.07, 6.45) is -0.0727. The first-order valence-corrected chi connectivity index (χ1v) is 5.58. The molecule has 4 N–H and O–H groups in total. The normalized spacial score (nSPS) is 21.2. The van der Waals surface area contributed by atoms with Crippen LogP contribution in [-0.2, 0) is 9.59 Å². The highest BCUT2D eigenvalue weighted by atomic mass is 16.4. The van der Waals surface area contributed by atoms with Crippen molar-refractivity contribution in [2.45, 2.75) is 31.4 Å². The number of aliphatic hydroxyl groups excluding tert-OH is 1. The van der Waals surface area contributed by atoms with Gasteiger partial charge in [0, 0.05) is 13.1 Å². The van der Waals surface area contributed by atoms with Crippen LogP contribution >= 0.6 is 0 Å². The molecule has 2 atom stereocenters. The first-order valence-electron chi connectivity index (χ1n) is 5.58. The number of nitrogens with one attached hydrogen (secondary N) is 1. The minimum atomic E-state index is -1.46. The molecular formula is C10H16N2O6. The van der Waals surface area contributed by atoms with E-state index in [1.807, 2.05) is 0 Å². The zero-order valence-electron chi connectivity index (χ0n) is 9.70. The van der Waals surface area contributed by atoms with Gasteiger partial charge in [-0.15, -0.1) is 0 Å². The van der Waals surface area contributed by atoms with Gasteiger partial charge in [-0.1, -0.05) is 0 Å². The second-order valence-electron chi connectivity index (χ2n) is 4.18. The van der Waals surface area contributed by atoms with E-state index in [-0.39, 0.29) is 6.54 Å². The predicted molar refractivity (Wildman–Crippen MR) is 59.0 cm³/mol. The lowest BCUT2D eigenvalue weighted by molar-refractivity contribution is -0.145. The summed E-state index contributed by atoms with van der Waals surface area (Å²) in [7, 11) is 0. The van der Waals surface area contributed by atoms with Crippen molar-refractivity contribution >= 4 is 18.0 Å². The van der Waals surface area contributed by atoms with Crippen molar-refractivity contribution in [1.29, 1.82) is 0 Å². The fourth-order valence-corrected chi connectivity index (χ4v) is 1.75. The van der Waals surface area contributed by atoms with Gasteiger partial charge >= 0.3 is 18.0 Å². The highest BCUT2D eigenvalue weighted by molar-refractivity contribution is 5.86. The number of amides is 2. The Bertz CT molecular complexity index is 345. The van der Waals surface area contributed by atoms with Crippen molar-refractivity contribution < 1.29 is 29.7 Å². The predicted octanol–water partition coefficient (Wildman–Crippen LogP) is -0.919. The van der Waals surface area contributed by atoms with E-state index < -0.39 is 36.5 Å². The quantitative estimate of drug-likeness (QED) is 0.517. The lowest BCUT2D eigenvalue weighted by Crippen LogP contribution is -2.52. The van der Waals surface area contributed by atoms with Gasteiger partial charge < -0.3 is 25.5 Å². The Kier molecular flexibility index (Phi) is 4.90. The second-order valence-corrected chi connectivity index (χ2v) is 4.18. The van der Waals surface area contributed by atoms with E-state index in [1.165, 1.54) is 4.90 Å². The summed E-state index contributed by atoms with van der Waals surface area (Å²) in [4.78, 5) is 34.2. The highest BCUT2D eigenvalue weighted by Crippen LogP contribution is 2.10. The standard InChI is InChI=1S/C10H16N2O6/c13-6-2-1-3-12(5-6)10(18)11-7(9(16)17)4-8(14)15/h6-7,13H,1-5H2,(H,11,18)(H,14,15)(H,16,17). The number of carbonyl (C=O) groups is 3. The molecule has 0 bridgehead atoms. The number of hydrogen-bond acceptors (Lipinski definition) is 4.